The molecule has 0 fully saturated rings. The highest BCUT2D eigenvalue weighted by atomic mass is 32.2. The molecule has 32 heavy (non-hydrogen) atoms. The summed E-state index contributed by atoms with van der Waals surface area (Å²) < 4.78 is 70.9. The minimum absolute atomic E-state index is 0.00610. The molecule has 3 aromatic rings. The van der Waals surface area contributed by atoms with Gasteiger partial charge in [0.25, 0.3) is 0 Å². The van der Waals surface area contributed by atoms with E-state index in [4.69, 9.17) is 5.26 Å². The molecule has 0 spiro atoms. The molecule has 0 heterocycles. The number of halogens is 5. The fourth-order valence-electron chi connectivity index (χ4n) is 3.07. The minimum atomic E-state index is -0.928. The normalized spacial score (nSPS) is 10.4. The van der Waals surface area contributed by atoms with Gasteiger partial charge in [-0.25, -0.2) is 22.0 Å². The summed E-state index contributed by atoms with van der Waals surface area (Å²) in [4.78, 5) is -0.431. The van der Waals surface area contributed by atoms with E-state index in [-0.39, 0.29) is 34.2 Å². The van der Waals surface area contributed by atoms with Crippen LogP contribution in [0, 0.1) is 51.6 Å². The van der Waals surface area contributed by atoms with Crippen LogP contribution in [0.5, 0.6) is 0 Å². The summed E-state index contributed by atoms with van der Waals surface area (Å²) in [6.45, 7) is 1.92. The van der Waals surface area contributed by atoms with Gasteiger partial charge in [-0.1, -0.05) is 31.3 Å². The molecule has 0 saturated heterocycles. The van der Waals surface area contributed by atoms with Gasteiger partial charge in [-0.2, -0.15) is 5.26 Å². The van der Waals surface area contributed by atoms with Crippen LogP contribution in [0.15, 0.2) is 47.4 Å². The van der Waals surface area contributed by atoms with Gasteiger partial charge in [-0.15, -0.1) is 0 Å². The third-order valence-corrected chi connectivity index (χ3v) is 5.40. The molecule has 0 aliphatic heterocycles. The van der Waals surface area contributed by atoms with Crippen molar-refractivity contribution in [1.29, 1.82) is 5.26 Å². The van der Waals surface area contributed by atoms with Crippen LogP contribution in [0.25, 0.3) is 11.1 Å². The number of hydrogen-bond acceptors (Lipinski definition) is 2. The average Bonchev–Trinajstić information content (AvgIpc) is 2.74. The van der Waals surface area contributed by atoms with Gasteiger partial charge in [-0.05, 0) is 72.1 Å². The summed E-state index contributed by atoms with van der Waals surface area (Å²) in [6.07, 6.45) is 1.75. The molecule has 0 aromatic heterocycles. The third-order valence-electron chi connectivity index (χ3n) is 4.71. The van der Waals surface area contributed by atoms with Gasteiger partial charge in [0.2, 0.25) is 0 Å². The van der Waals surface area contributed by atoms with Crippen molar-refractivity contribution in [3.8, 4) is 28.4 Å². The standard InChI is InChI=1S/C25H16F5NS/c1-2-3-4-19-21(27)9-15(10-22(19)28)5-6-16-7-8-17(11-20(16)26)18-12-23(29)25(32-14-31)24(30)13-18/h7-13H,2-4H2,1H3. The largest absolute Gasteiger partial charge is 0.207 e. The number of thioether (sulfide) groups is 1. The molecule has 0 N–H and O–H groups in total. The van der Waals surface area contributed by atoms with Crippen molar-refractivity contribution < 1.29 is 22.0 Å². The van der Waals surface area contributed by atoms with E-state index < -0.39 is 34.0 Å². The minimum Gasteiger partial charge on any atom is -0.207 e. The molecular weight excluding hydrogens is 441 g/mol. The number of unbranched alkanes of at least 4 members (excludes halogenated alkanes) is 1. The molecule has 0 aliphatic rings. The van der Waals surface area contributed by atoms with E-state index in [9.17, 15) is 22.0 Å². The first-order valence-electron chi connectivity index (χ1n) is 9.68. The first kappa shape index (κ1) is 23.4. The summed E-state index contributed by atoms with van der Waals surface area (Å²) in [6, 6.07) is 8.04. The first-order valence-corrected chi connectivity index (χ1v) is 10.5. The molecule has 3 rings (SSSR count). The molecule has 0 aliphatic carbocycles. The van der Waals surface area contributed by atoms with Crippen LogP contribution < -0.4 is 0 Å². The lowest BCUT2D eigenvalue weighted by Crippen LogP contribution is -1.97. The maximum absolute atomic E-state index is 14.5. The fourth-order valence-corrected chi connectivity index (χ4v) is 3.48. The Hall–Kier alpha value is -3.29. The summed E-state index contributed by atoms with van der Waals surface area (Å²) in [5, 5.41) is 10.2. The Morgan fingerprint density at radius 3 is 1.97 bits per heavy atom. The summed E-state index contributed by atoms with van der Waals surface area (Å²) >= 11 is 0.359. The number of benzene rings is 3. The lowest BCUT2D eigenvalue weighted by Gasteiger charge is -2.07. The second-order valence-electron chi connectivity index (χ2n) is 6.93. The summed E-state index contributed by atoms with van der Waals surface area (Å²) in [5.41, 5.74) is 0.330. The van der Waals surface area contributed by atoms with Crippen LogP contribution in [0.3, 0.4) is 0 Å². The summed E-state index contributed by atoms with van der Waals surface area (Å²) in [5.74, 6) is 1.07. The fraction of sp³-hybridized carbons (Fsp3) is 0.160. The highest BCUT2D eigenvalue weighted by Gasteiger charge is 2.14. The zero-order valence-electron chi connectivity index (χ0n) is 16.9. The Bertz CT molecular complexity index is 1220. The molecule has 0 radical (unpaired) electrons. The zero-order chi connectivity index (χ0) is 23.3. The van der Waals surface area contributed by atoms with Crippen molar-refractivity contribution >= 4 is 11.8 Å². The topological polar surface area (TPSA) is 23.8 Å². The van der Waals surface area contributed by atoms with Crippen molar-refractivity contribution in [2.75, 3.05) is 0 Å². The Labute approximate surface area is 186 Å². The number of nitriles is 1. The van der Waals surface area contributed by atoms with Crippen LogP contribution in [0.1, 0.15) is 36.5 Å². The highest BCUT2D eigenvalue weighted by Crippen LogP contribution is 2.30. The predicted molar refractivity (Wildman–Crippen MR) is 114 cm³/mol. The second-order valence-corrected chi connectivity index (χ2v) is 7.72. The van der Waals surface area contributed by atoms with E-state index in [1.165, 1.54) is 12.1 Å². The zero-order valence-corrected chi connectivity index (χ0v) is 17.7. The Morgan fingerprint density at radius 2 is 1.41 bits per heavy atom. The van der Waals surface area contributed by atoms with Crippen molar-refractivity contribution in [2.24, 2.45) is 0 Å². The van der Waals surface area contributed by atoms with E-state index in [1.807, 2.05) is 6.92 Å². The average molecular weight is 457 g/mol. The van der Waals surface area contributed by atoms with Crippen molar-refractivity contribution in [1.82, 2.24) is 0 Å². The Balaban J connectivity index is 1.88. The number of thiocyanates is 1. The molecule has 1 nitrogen and oxygen atoms in total. The Morgan fingerprint density at radius 1 is 0.781 bits per heavy atom. The number of rotatable bonds is 5. The molecule has 0 amide bonds. The van der Waals surface area contributed by atoms with Gasteiger partial charge in [0.1, 0.15) is 34.5 Å². The molecule has 7 heteroatoms. The van der Waals surface area contributed by atoms with Crippen LogP contribution in [-0.2, 0) is 6.42 Å². The lowest BCUT2D eigenvalue weighted by molar-refractivity contribution is 0.542. The van der Waals surface area contributed by atoms with Crippen molar-refractivity contribution in [2.45, 2.75) is 31.1 Å². The molecule has 0 bridgehead atoms. The molecule has 3 aromatic carbocycles. The maximum Gasteiger partial charge on any atom is 0.141 e. The van der Waals surface area contributed by atoms with E-state index in [0.717, 1.165) is 36.8 Å². The third kappa shape index (κ3) is 5.30. The summed E-state index contributed by atoms with van der Waals surface area (Å²) in [7, 11) is 0. The quantitative estimate of drug-likeness (QED) is 0.173. The van der Waals surface area contributed by atoms with E-state index in [2.05, 4.69) is 11.8 Å². The van der Waals surface area contributed by atoms with Crippen LogP contribution >= 0.6 is 11.8 Å². The lowest BCUT2D eigenvalue weighted by atomic mass is 10.0. The van der Waals surface area contributed by atoms with Crippen LogP contribution in [0.2, 0.25) is 0 Å². The van der Waals surface area contributed by atoms with Crippen LogP contribution in [0.4, 0.5) is 22.0 Å². The molecule has 162 valence electrons. The van der Waals surface area contributed by atoms with Gasteiger partial charge >= 0.3 is 0 Å². The van der Waals surface area contributed by atoms with Gasteiger partial charge in [-0.3, -0.25) is 0 Å². The van der Waals surface area contributed by atoms with E-state index >= 15 is 0 Å². The van der Waals surface area contributed by atoms with Crippen molar-refractivity contribution in [3.05, 3.63) is 88.2 Å². The smallest absolute Gasteiger partial charge is 0.141 e. The Kier molecular flexibility index (Phi) is 7.56. The molecular formula is C25H16F5NS. The van der Waals surface area contributed by atoms with E-state index in [1.54, 1.807) is 5.40 Å². The predicted octanol–water partition coefficient (Wildman–Crippen LogP) is 7.36. The van der Waals surface area contributed by atoms with Crippen LogP contribution in [-0.4, -0.2) is 0 Å². The van der Waals surface area contributed by atoms with Gasteiger partial charge in [0.15, 0.2) is 0 Å². The first-order chi connectivity index (χ1) is 15.3. The van der Waals surface area contributed by atoms with Gasteiger partial charge < -0.3 is 0 Å². The number of nitrogens with zero attached hydrogens (tertiary/aromatic N) is 1. The molecule has 0 saturated carbocycles. The monoisotopic (exact) mass is 457 g/mol. The van der Waals surface area contributed by atoms with Gasteiger partial charge in [0, 0.05) is 11.1 Å². The second kappa shape index (κ2) is 10.3. The highest BCUT2D eigenvalue weighted by molar-refractivity contribution is 8.03. The molecule has 0 unspecified atom stereocenters. The number of hydrogen-bond donors (Lipinski definition) is 0. The van der Waals surface area contributed by atoms with Crippen molar-refractivity contribution in [3.63, 3.8) is 0 Å². The maximum atomic E-state index is 14.5. The van der Waals surface area contributed by atoms with E-state index in [0.29, 0.717) is 18.2 Å². The SMILES string of the molecule is CCCCc1c(F)cc(C#Cc2ccc(-c3cc(F)c(SC#N)c(F)c3)cc2F)cc1F. The molecule has 0 atom stereocenters. The van der Waals surface area contributed by atoms with Gasteiger partial charge in [0.05, 0.1) is 10.5 Å².